The van der Waals surface area contributed by atoms with Crippen LogP contribution in [0.3, 0.4) is 0 Å². The molecule has 8 heteroatoms. The number of hydrogen-bond acceptors (Lipinski definition) is 5. The van der Waals surface area contributed by atoms with Crippen molar-refractivity contribution in [2.45, 2.75) is 45.2 Å². The molecule has 1 aromatic heterocycles. The highest BCUT2D eigenvalue weighted by atomic mass is 32.2. The number of rotatable bonds is 6. The van der Waals surface area contributed by atoms with Crippen LogP contribution in [0.2, 0.25) is 0 Å². The van der Waals surface area contributed by atoms with Gasteiger partial charge in [0.25, 0.3) is 16.0 Å². The van der Waals surface area contributed by atoms with E-state index in [4.69, 9.17) is 0 Å². The van der Waals surface area contributed by atoms with Gasteiger partial charge in [0, 0.05) is 18.0 Å². The lowest BCUT2D eigenvalue weighted by atomic mass is 9.87. The van der Waals surface area contributed by atoms with E-state index in [2.05, 4.69) is 14.6 Å². The van der Waals surface area contributed by atoms with E-state index >= 15 is 0 Å². The number of carbonyl (C=O) groups excluding carboxylic acids is 1. The number of hydrogen-bond donors (Lipinski definition) is 1. The van der Waals surface area contributed by atoms with Crippen LogP contribution < -0.4 is 5.32 Å². The van der Waals surface area contributed by atoms with Crippen LogP contribution in [0, 0.1) is 5.92 Å². The van der Waals surface area contributed by atoms with Crippen molar-refractivity contribution in [3.8, 4) is 0 Å². The molecule has 142 valence electrons. The molecule has 0 bridgehead atoms. The van der Waals surface area contributed by atoms with E-state index in [1.807, 2.05) is 31.2 Å². The van der Waals surface area contributed by atoms with Crippen molar-refractivity contribution in [2.75, 3.05) is 12.9 Å². The monoisotopic (exact) mass is 379 g/mol. The third-order valence-electron chi connectivity index (χ3n) is 5.04. The molecule has 7 nitrogen and oxygen atoms in total. The number of nitrogens with zero attached hydrogens (tertiary/aromatic N) is 2. The lowest BCUT2D eigenvalue weighted by molar-refractivity contribution is 0.0913. The maximum atomic E-state index is 12.8. The van der Waals surface area contributed by atoms with Crippen LogP contribution in [0.1, 0.15) is 43.1 Å². The van der Waals surface area contributed by atoms with Crippen LogP contribution in [0.5, 0.6) is 0 Å². The first-order valence-corrected chi connectivity index (χ1v) is 10.6. The van der Waals surface area contributed by atoms with Crippen LogP contribution in [0.4, 0.5) is 0 Å². The summed E-state index contributed by atoms with van der Waals surface area (Å²) in [5.74, 6) is 0.0286. The smallest absolute Gasteiger partial charge is 0.270 e. The van der Waals surface area contributed by atoms with Gasteiger partial charge in [-0.3, -0.25) is 13.7 Å². The van der Waals surface area contributed by atoms with Gasteiger partial charge in [0.1, 0.15) is 5.69 Å². The number of amides is 1. The van der Waals surface area contributed by atoms with Gasteiger partial charge >= 0.3 is 0 Å². The lowest BCUT2D eigenvalue weighted by Crippen LogP contribution is -2.39. The summed E-state index contributed by atoms with van der Waals surface area (Å²) in [5.41, 5.74) is 1.40. The summed E-state index contributed by atoms with van der Waals surface area (Å²) in [6.45, 7) is 2.59. The van der Waals surface area contributed by atoms with Crippen LogP contribution in [-0.4, -0.2) is 43.0 Å². The Kier molecular flexibility index (Phi) is 5.62. The molecule has 1 aromatic carbocycles. The van der Waals surface area contributed by atoms with Crippen molar-refractivity contribution >= 4 is 26.9 Å². The normalized spacial score (nSPS) is 21.0. The molecule has 0 radical (unpaired) electrons. The molecule has 1 aliphatic rings. The zero-order chi connectivity index (χ0) is 18.7. The van der Waals surface area contributed by atoms with Gasteiger partial charge in [0.2, 0.25) is 0 Å². The van der Waals surface area contributed by atoms with Crippen LogP contribution in [0.25, 0.3) is 10.9 Å². The van der Waals surface area contributed by atoms with Gasteiger partial charge in [-0.1, -0.05) is 18.2 Å². The second-order valence-electron chi connectivity index (χ2n) is 6.76. The number of carbonyl (C=O) groups is 1. The SMILES string of the molecule is CCn1nc2ccccc2c1C(=O)N[C@H]1CC[C@H](CS(=O)(=O)OC)CC1. The predicted molar refractivity (Wildman–Crippen MR) is 99.4 cm³/mol. The first kappa shape index (κ1) is 18.8. The second-order valence-corrected chi connectivity index (χ2v) is 8.55. The van der Waals surface area contributed by atoms with E-state index in [9.17, 15) is 13.2 Å². The Balaban J connectivity index is 1.65. The van der Waals surface area contributed by atoms with E-state index in [0.29, 0.717) is 12.2 Å². The highest BCUT2D eigenvalue weighted by Gasteiger charge is 2.27. The molecule has 0 spiro atoms. The highest BCUT2D eigenvalue weighted by molar-refractivity contribution is 7.86. The molecule has 0 unspecified atom stereocenters. The van der Waals surface area contributed by atoms with Gasteiger partial charge < -0.3 is 5.32 Å². The summed E-state index contributed by atoms with van der Waals surface area (Å²) in [4.78, 5) is 12.8. The average molecular weight is 379 g/mol. The number of benzene rings is 1. The Hall–Kier alpha value is -1.93. The predicted octanol–water partition coefficient (Wildman–Crippen LogP) is 2.32. The van der Waals surface area contributed by atoms with Crippen molar-refractivity contribution in [1.82, 2.24) is 15.1 Å². The minimum atomic E-state index is -3.43. The Morgan fingerprint density at radius 1 is 1.27 bits per heavy atom. The van der Waals surface area contributed by atoms with E-state index in [0.717, 1.165) is 36.6 Å². The van der Waals surface area contributed by atoms with E-state index in [-0.39, 0.29) is 23.6 Å². The zero-order valence-corrected chi connectivity index (χ0v) is 16.0. The van der Waals surface area contributed by atoms with E-state index < -0.39 is 10.1 Å². The van der Waals surface area contributed by atoms with Crippen LogP contribution in [-0.2, 0) is 20.8 Å². The standard InChI is InChI=1S/C18H25N3O4S/c1-3-21-17(15-6-4-5-7-16(15)20-21)18(22)19-14-10-8-13(9-11-14)12-26(23,24)25-2/h4-7,13-14H,3,8-12H2,1-2H3,(H,19,22)/t13-,14-. The molecule has 1 N–H and O–H groups in total. The summed E-state index contributed by atoms with van der Waals surface area (Å²) < 4.78 is 29.4. The van der Waals surface area contributed by atoms with Crippen LogP contribution >= 0.6 is 0 Å². The maximum absolute atomic E-state index is 12.8. The molecule has 1 heterocycles. The second kappa shape index (κ2) is 7.75. The zero-order valence-electron chi connectivity index (χ0n) is 15.1. The molecule has 3 rings (SSSR count). The number of aromatic nitrogens is 2. The van der Waals surface area contributed by atoms with Gasteiger partial charge in [0.05, 0.1) is 18.4 Å². The Bertz CT molecular complexity index is 883. The maximum Gasteiger partial charge on any atom is 0.270 e. The molecule has 1 aliphatic carbocycles. The fraction of sp³-hybridized carbons (Fsp3) is 0.556. The molecule has 1 saturated carbocycles. The summed E-state index contributed by atoms with van der Waals surface area (Å²) in [5, 5.41) is 8.44. The van der Waals surface area contributed by atoms with Crippen molar-refractivity contribution in [3.63, 3.8) is 0 Å². The molecular weight excluding hydrogens is 354 g/mol. The summed E-state index contributed by atoms with van der Waals surface area (Å²) >= 11 is 0. The summed E-state index contributed by atoms with van der Waals surface area (Å²) in [7, 11) is -2.23. The van der Waals surface area contributed by atoms with Crippen molar-refractivity contribution in [3.05, 3.63) is 30.0 Å². The minimum absolute atomic E-state index is 0.0530. The summed E-state index contributed by atoms with van der Waals surface area (Å²) in [6.07, 6.45) is 3.07. The fourth-order valence-electron chi connectivity index (χ4n) is 3.63. The lowest BCUT2D eigenvalue weighted by Gasteiger charge is -2.28. The van der Waals surface area contributed by atoms with Crippen molar-refractivity contribution < 1.29 is 17.4 Å². The average Bonchev–Trinajstić information content (AvgIpc) is 3.02. The molecule has 2 aromatic rings. The first-order valence-electron chi connectivity index (χ1n) is 8.98. The topological polar surface area (TPSA) is 90.3 Å². The summed E-state index contributed by atoms with van der Waals surface area (Å²) in [6, 6.07) is 7.69. The molecule has 1 fully saturated rings. The Morgan fingerprint density at radius 3 is 2.62 bits per heavy atom. The number of nitrogens with one attached hydrogen (secondary N) is 1. The fourth-order valence-corrected chi connectivity index (χ4v) is 4.68. The molecular formula is C18H25N3O4S. The Morgan fingerprint density at radius 2 is 1.96 bits per heavy atom. The number of aryl methyl sites for hydroxylation is 1. The molecule has 0 saturated heterocycles. The third kappa shape index (κ3) is 4.07. The van der Waals surface area contributed by atoms with Gasteiger partial charge in [-0.15, -0.1) is 0 Å². The Labute approximate surface area is 153 Å². The van der Waals surface area contributed by atoms with Crippen molar-refractivity contribution in [1.29, 1.82) is 0 Å². The number of fused-ring (bicyclic) bond motifs is 1. The van der Waals surface area contributed by atoms with Gasteiger partial charge in [0.15, 0.2) is 0 Å². The molecule has 1 amide bonds. The highest BCUT2D eigenvalue weighted by Crippen LogP contribution is 2.26. The van der Waals surface area contributed by atoms with Crippen molar-refractivity contribution in [2.24, 2.45) is 5.92 Å². The van der Waals surface area contributed by atoms with Gasteiger partial charge in [-0.2, -0.15) is 13.5 Å². The molecule has 26 heavy (non-hydrogen) atoms. The van der Waals surface area contributed by atoms with Gasteiger partial charge in [-0.05, 0) is 44.6 Å². The first-order chi connectivity index (χ1) is 12.4. The largest absolute Gasteiger partial charge is 0.348 e. The van der Waals surface area contributed by atoms with E-state index in [1.165, 1.54) is 7.11 Å². The molecule has 0 atom stereocenters. The van der Waals surface area contributed by atoms with Gasteiger partial charge in [-0.25, -0.2) is 0 Å². The quantitative estimate of drug-likeness (QED) is 0.778. The third-order valence-corrected chi connectivity index (χ3v) is 6.42. The van der Waals surface area contributed by atoms with Crippen LogP contribution in [0.15, 0.2) is 24.3 Å². The molecule has 0 aliphatic heterocycles. The minimum Gasteiger partial charge on any atom is -0.348 e. The van der Waals surface area contributed by atoms with E-state index in [1.54, 1.807) is 4.68 Å².